The average molecular weight is 461 g/mol. The number of carbonyl (C=O) groups excluding carboxylic acids is 1. The van der Waals surface area contributed by atoms with E-state index in [1.54, 1.807) is 13.3 Å². The van der Waals surface area contributed by atoms with Crippen LogP contribution in [-0.2, 0) is 4.79 Å². The number of carboxylic acids is 1. The van der Waals surface area contributed by atoms with Crippen molar-refractivity contribution in [3.63, 3.8) is 0 Å². The van der Waals surface area contributed by atoms with Gasteiger partial charge in [0.05, 0.1) is 19.0 Å². The summed E-state index contributed by atoms with van der Waals surface area (Å²) in [4.78, 5) is 25.6. The molecule has 0 aromatic carbocycles. The van der Waals surface area contributed by atoms with Crippen LogP contribution in [0.3, 0.4) is 0 Å². The molecule has 2 atom stereocenters. The molecule has 2 amide bonds. The van der Waals surface area contributed by atoms with E-state index in [0.29, 0.717) is 0 Å². The first kappa shape index (κ1) is 24.3. The third kappa shape index (κ3) is 7.68. The number of nitrogens with zero attached hydrogens (tertiary/aromatic N) is 2. The molecule has 0 aliphatic carbocycles. The smallest absolute Gasteiger partial charge is 0.490 e. The van der Waals surface area contributed by atoms with E-state index in [0.717, 1.165) is 41.6 Å². The zero-order chi connectivity index (χ0) is 23.0. The lowest BCUT2D eigenvalue weighted by Gasteiger charge is -2.32. The highest BCUT2D eigenvalue weighted by molar-refractivity contribution is 7.10. The number of urea groups is 1. The van der Waals surface area contributed by atoms with Crippen LogP contribution in [0.15, 0.2) is 24.4 Å². The molecule has 31 heavy (non-hydrogen) atoms. The Balaban J connectivity index is 0.000000423. The summed E-state index contributed by atoms with van der Waals surface area (Å²) in [5.74, 6) is -1.91. The number of hydrogen-bond acceptors (Lipinski definition) is 7. The lowest BCUT2D eigenvalue weighted by Crippen LogP contribution is -2.49. The fourth-order valence-electron chi connectivity index (χ4n) is 2.81. The van der Waals surface area contributed by atoms with Crippen molar-refractivity contribution in [2.24, 2.45) is 0 Å². The van der Waals surface area contributed by atoms with Crippen LogP contribution in [0.2, 0.25) is 0 Å². The molecule has 170 valence electrons. The molecule has 1 fully saturated rings. The standard InChI is InChI=1S/C16H21N5O2S.C2HF3O2/c1-10-7-15(24-21-10)20-16(22)19-14-5-6-17-9-12(14)13-4-3-11(23-2)8-18-13;3-2(4,5)1(6)7/h3-4,7-8,12,14,17H,5-6,9H2,1-2H3,(H2,19,20,22);(H,6,7)/t12-,14+;/m0./s1. The van der Waals surface area contributed by atoms with E-state index in [2.05, 4.69) is 25.3 Å². The number of aromatic nitrogens is 2. The van der Waals surface area contributed by atoms with E-state index in [1.165, 1.54) is 11.5 Å². The highest BCUT2D eigenvalue weighted by Crippen LogP contribution is 2.24. The molecule has 1 saturated heterocycles. The number of alkyl halides is 3. The normalized spacial score (nSPS) is 18.4. The van der Waals surface area contributed by atoms with Gasteiger partial charge in [-0.3, -0.25) is 10.3 Å². The molecule has 3 heterocycles. The minimum absolute atomic E-state index is 0.0289. The zero-order valence-electron chi connectivity index (χ0n) is 16.7. The van der Waals surface area contributed by atoms with Crippen molar-refractivity contribution in [1.29, 1.82) is 0 Å². The van der Waals surface area contributed by atoms with E-state index in [9.17, 15) is 18.0 Å². The van der Waals surface area contributed by atoms with Crippen LogP contribution in [0.5, 0.6) is 5.75 Å². The number of carbonyl (C=O) groups is 2. The maximum atomic E-state index is 12.3. The lowest BCUT2D eigenvalue weighted by molar-refractivity contribution is -0.192. The molecule has 1 aliphatic rings. The highest BCUT2D eigenvalue weighted by atomic mass is 32.1. The third-order valence-corrected chi connectivity index (χ3v) is 5.08. The van der Waals surface area contributed by atoms with Crippen LogP contribution >= 0.6 is 11.5 Å². The van der Waals surface area contributed by atoms with Gasteiger partial charge in [-0.25, -0.2) is 9.59 Å². The van der Waals surface area contributed by atoms with Gasteiger partial charge in [0.2, 0.25) is 0 Å². The number of hydrogen-bond donors (Lipinski definition) is 4. The van der Waals surface area contributed by atoms with Gasteiger partial charge in [0, 0.05) is 24.2 Å². The summed E-state index contributed by atoms with van der Waals surface area (Å²) in [6, 6.07) is 5.53. The number of methoxy groups -OCH3 is 1. The quantitative estimate of drug-likeness (QED) is 0.552. The number of rotatable bonds is 4. The fraction of sp³-hybridized carbons (Fsp3) is 0.444. The van der Waals surface area contributed by atoms with Crippen LogP contribution in [0.1, 0.15) is 23.7 Å². The van der Waals surface area contributed by atoms with Gasteiger partial charge >= 0.3 is 18.2 Å². The Morgan fingerprint density at radius 2 is 2.06 bits per heavy atom. The van der Waals surface area contributed by atoms with Crippen molar-refractivity contribution in [3.8, 4) is 5.75 Å². The maximum Gasteiger partial charge on any atom is 0.490 e. The second-order valence-electron chi connectivity index (χ2n) is 6.56. The number of amides is 2. The van der Waals surface area contributed by atoms with E-state index >= 15 is 0 Å². The van der Waals surface area contributed by atoms with Gasteiger partial charge < -0.3 is 20.5 Å². The molecule has 0 saturated carbocycles. The Kier molecular flexibility index (Phi) is 8.56. The Morgan fingerprint density at radius 3 is 2.58 bits per heavy atom. The molecule has 0 unspecified atom stereocenters. The van der Waals surface area contributed by atoms with Gasteiger partial charge in [0.1, 0.15) is 10.8 Å². The fourth-order valence-corrected chi connectivity index (χ4v) is 3.47. The van der Waals surface area contributed by atoms with E-state index in [1.807, 2.05) is 25.1 Å². The van der Waals surface area contributed by atoms with Crippen molar-refractivity contribution in [1.82, 2.24) is 20.0 Å². The monoisotopic (exact) mass is 461 g/mol. The number of aliphatic carboxylic acids is 1. The predicted octanol–water partition coefficient (Wildman–Crippen LogP) is 2.76. The molecule has 0 radical (unpaired) electrons. The van der Waals surface area contributed by atoms with Crippen LogP contribution in [-0.4, -0.2) is 58.9 Å². The number of pyridine rings is 1. The molecule has 2 aromatic rings. The highest BCUT2D eigenvalue weighted by Gasteiger charge is 2.38. The molecule has 0 bridgehead atoms. The molecular formula is C18H22F3N5O4S. The van der Waals surface area contributed by atoms with Gasteiger partial charge in [-0.1, -0.05) is 0 Å². The molecule has 13 heteroatoms. The third-order valence-electron chi connectivity index (χ3n) is 4.28. The van der Waals surface area contributed by atoms with Crippen LogP contribution < -0.4 is 20.7 Å². The molecule has 1 aliphatic heterocycles. The number of nitrogens with one attached hydrogen (secondary N) is 3. The average Bonchev–Trinajstić information content (AvgIpc) is 3.12. The first-order chi connectivity index (χ1) is 14.6. The van der Waals surface area contributed by atoms with Gasteiger partial charge in [-0.05, 0) is 49.6 Å². The van der Waals surface area contributed by atoms with Gasteiger partial charge in [0.25, 0.3) is 0 Å². The number of aryl methyl sites for hydroxylation is 1. The van der Waals surface area contributed by atoms with Crippen LogP contribution in [0.25, 0.3) is 0 Å². The molecule has 0 spiro atoms. The first-order valence-electron chi connectivity index (χ1n) is 9.11. The van der Waals surface area contributed by atoms with Crippen molar-refractivity contribution >= 4 is 28.5 Å². The van der Waals surface area contributed by atoms with Gasteiger partial charge in [0.15, 0.2) is 0 Å². The largest absolute Gasteiger partial charge is 0.495 e. The Hall–Kier alpha value is -2.93. The number of carboxylic acid groups (broad SMARTS) is 1. The van der Waals surface area contributed by atoms with Crippen molar-refractivity contribution in [3.05, 3.63) is 35.8 Å². The number of piperidine rings is 1. The zero-order valence-corrected chi connectivity index (χ0v) is 17.5. The lowest BCUT2D eigenvalue weighted by atomic mass is 9.90. The second kappa shape index (κ2) is 10.9. The second-order valence-corrected chi connectivity index (χ2v) is 7.37. The molecule has 2 aromatic heterocycles. The summed E-state index contributed by atoms with van der Waals surface area (Å²) in [5.41, 5.74) is 1.85. The minimum atomic E-state index is -5.08. The summed E-state index contributed by atoms with van der Waals surface area (Å²) in [7, 11) is 1.62. The number of halogens is 3. The molecule has 4 N–H and O–H groups in total. The SMILES string of the molecule is COc1ccc([C@@H]2CNCC[C@H]2NC(=O)Nc2cc(C)ns2)nc1.O=C(O)C(F)(F)F. The van der Waals surface area contributed by atoms with Gasteiger partial charge in [-0.15, -0.1) is 0 Å². The Morgan fingerprint density at radius 1 is 1.35 bits per heavy atom. The van der Waals surface area contributed by atoms with Crippen molar-refractivity contribution in [2.45, 2.75) is 31.5 Å². The molecule has 3 rings (SSSR count). The summed E-state index contributed by atoms with van der Waals surface area (Å²) in [5, 5.41) is 17.2. The Labute approximate surface area is 180 Å². The van der Waals surface area contributed by atoms with Crippen molar-refractivity contribution < 1.29 is 32.6 Å². The summed E-state index contributed by atoms with van der Waals surface area (Å²) in [6.45, 7) is 3.55. The van der Waals surface area contributed by atoms with Crippen molar-refractivity contribution in [2.75, 3.05) is 25.5 Å². The Bertz CT molecular complexity index is 876. The maximum absolute atomic E-state index is 12.3. The van der Waals surface area contributed by atoms with E-state index < -0.39 is 12.1 Å². The topological polar surface area (TPSA) is 125 Å². The first-order valence-corrected chi connectivity index (χ1v) is 9.89. The summed E-state index contributed by atoms with van der Waals surface area (Å²) >= 11 is 1.28. The summed E-state index contributed by atoms with van der Waals surface area (Å²) < 4.78 is 41.1. The minimum Gasteiger partial charge on any atom is -0.495 e. The summed E-state index contributed by atoms with van der Waals surface area (Å²) in [6.07, 6.45) is -2.52. The molecular weight excluding hydrogens is 439 g/mol. The van der Waals surface area contributed by atoms with Crippen LogP contribution in [0.4, 0.5) is 23.0 Å². The number of ether oxygens (including phenoxy) is 1. The van der Waals surface area contributed by atoms with Gasteiger partial charge in [-0.2, -0.15) is 17.5 Å². The molecule has 9 nitrogen and oxygen atoms in total. The van der Waals surface area contributed by atoms with E-state index in [-0.39, 0.29) is 18.0 Å². The number of anilines is 1. The van der Waals surface area contributed by atoms with Crippen LogP contribution in [0, 0.1) is 6.92 Å². The van der Waals surface area contributed by atoms with E-state index in [4.69, 9.17) is 14.6 Å². The predicted molar refractivity (Wildman–Crippen MR) is 108 cm³/mol.